The SMILES string of the molecule is CCCCCN1CC=C[C@]23S[C@]4(C)C=CCN(Cc5ccccc5)C(=O)[C@@H]4[C@H]2C(=O)N([C@@H](CO)C(C)C)C3C1=O. The highest BCUT2D eigenvalue weighted by molar-refractivity contribution is 8.02. The van der Waals surface area contributed by atoms with Crippen molar-refractivity contribution in [1.82, 2.24) is 14.7 Å². The van der Waals surface area contributed by atoms with Gasteiger partial charge in [0.05, 0.1) is 29.2 Å². The molecule has 8 heteroatoms. The van der Waals surface area contributed by atoms with Crippen molar-refractivity contribution >= 4 is 29.5 Å². The van der Waals surface area contributed by atoms with Crippen molar-refractivity contribution in [3.8, 4) is 0 Å². The minimum atomic E-state index is -0.884. The Balaban J connectivity index is 1.58. The van der Waals surface area contributed by atoms with Crippen molar-refractivity contribution in [2.45, 2.75) is 75.1 Å². The third kappa shape index (κ3) is 4.71. The third-order valence-electron chi connectivity index (χ3n) is 9.22. The van der Waals surface area contributed by atoms with Gasteiger partial charge in [0.2, 0.25) is 17.7 Å². The highest BCUT2D eigenvalue weighted by atomic mass is 32.2. The Kier molecular flexibility index (Phi) is 8.22. The second-order valence-electron chi connectivity index (χ2n) is 12.2. The van der Waals surface area contributed by atoms with Gasteiger partial charge in [0.15, 0.2) is 0 Å². The zero-order valence-corrected chi connectivity index (χ0v) is 25.0. The highest BCUT2D eigenvalue weighted by Gasteiger charge is 2.74. The molecule has 2 fully saturated rings. The summed E-state index contributed by atoms with van der Waals surface area (Å²) in [5.41, 5.74) is 1.04. The van der Waals surface area contributed by atoms with E-state index in [2.05, 4.69) is 26.0 Å². The van der Waals surface area contributed by atoms with Crippen LogP contribution in [0.5, 0.6) is 0 Å². The molecule has 0 bridgehead atoms. The van der Waals surface area contributed by atoms with Crippen LogP contribution in [0.3, 0.4) is 0 Å². The Morgan fingerprint density at radius 1 is 0.950 bits per heavy atom. The number of thioether (sulfide) groups is 1. The fourth-order valence-corrected chi connectivity index (χ4v) is 9.38. The van der Waals surface area contributed by atoms with Gasteiger partial charge in [-0.25, -0.2) is 0 Å². The van der Waals surface area contributed by atoms with Gasteiger partial charge in [0.1, 0.15) is 6.04 Å². The highest BCUT2D eigenvalue weighted by Crippen LogP contribution is 2.66. The van der Waals surface area contributed by atoms with E-state index in [0.717, 1.165) is 24.8 Å². The van der Waals surface area contributed by atoms with E-state index in [0.29, 0.717) is 26.2 Å². The number of carbonyl (C=O) groups is 3. The van der Waals surface area contributed by atoms with Crippen LogP contribution in [0.25, 0.3) is 0 Å². The maximum Gasteiger partial charge on any atom is 0.247 e. The maximum absolute atomic E-state index is 14.6. The maximum atomic E-state index is 14.6. The van der Waals surface area contributed by atoms with Crippen molar-refractivity contribution in [1.29, 1.82) is 0 Å². The molecule has 40 heavy (non-hydrogen) atoms. The fraction of sp³-hybridized carbons (Fsp3) is 0.594. The lowest BCUT2D eigenvalue weighted by molar-refractivity contribution is -0.148. The van der Waals surface area contributed by atoms with Crippen molar-refractivity contribution in [2.75, 3.05) is 26.2 Å². The molecule has 1 aromatic carbocycles. The van der Waals surface area contributed by atoms with Gasteiger partial charge < -0.3 is 19.8 Å². The van der Waals surface area contributed by atoms with E-state index in [1.54, 1.807) is 16.7 Å². The van der Waals surface area contributed by atoms with Crippen molar-refractivity contribution in [3.05, 3.63) is 60.2 Å². The first-order valence-electron chi connectivity index (χ1n) is 14.8. The second kappa shape index (κ2) is 11.4. The molecule has 4 aliphatic heterocycles. The molecule has 1 aromatic rings. The summed E-state index contributed by atoms with van der Waals surface area (Å²) in [7, 11) is 0. The van der Waals surface area contributed by atoms with Crippen LogP contribution in [-0.4, -0.2) is 85.3 Å². The summed E-state index contributed by atoms with van der Waals surface area (Å²) in [5, 5.41) is 10.5. The molecule has 0 radical (unpaired) electrons. The summed E-state index contributed by atoms with van der Waals surface area (Å²) < 4.78 is -1.52. The lowest BCUT2D eigenvalue weighted by Crippen LogP contribution is -2.58. The van der Waals surface area contributed by atoms with Crippen LogP contribution in [-0.2, 0) is 20.9 Å². The summed E-state index contributed by atoms with van der Waals surface area (Å²) in [4.78, 5) is 48.8. The van der Waals surface area contributed by atoms with E-state index in [9.17, 15) is 19.5 Å². The van der Waals surface area contributed by atoms with Crippen LogP contribution < -0.4 is 0 Å². The molecular weight excluding hydrogens is 522 g/mol. The molecule has 2 saturated heterocycles. The van der Waals surface area contributed by atoms with E-state index >= 15 is 0 Å². The molecule has 7 nitrogen and oxygen atoms in total. The monoisotopic (exact) mass is 565 g/mol. The first-order chi connectivity index (χ1) is 19.2. The Labute approximate surface area is 242 Å². The molecular formula is C32H43N3O4S. The number of amides is 3. The number of likely N-dealkylation sites (tertiary alicyclic amines) is 1. The molecule has 4 heterocycles. The molecule has 1 spiro atoms. The molecule has 1 N–H and O–H groups in total. The van der Waals surface area contributed by atoms with Crippen LogP contribution in [0, 0.1) is 17.8 Å². The number of unbranched alkanes of at least 4 members (excludes halogenated alkanes) is 2. The first kappa shape index (κ1) is 28.9. The van der Waals surface area contributed by atoms with Crippen molar-refractivity contribution in [2.24, 2.45) is 17.8 Å². The molecule has 0 aliphatic carbocycles. The standard InChI is InChI=1S/C32H43N3O4S/c1-5-6-10-17-33-18-12-16-32-26(29(38)35(27(32)30(33)39)24(21-36)22(2)3)25-28(37)34(19-11-15-31(25,4)40-32)20-23-13-8-7-9-14-23/h7-9,11-16,22,24-27,36H,5-6,10,17-21H2,1-4H3/t24-,25-,26-,27?,31+,32-/m0/s1. The topological polar surface area (TPSA) is 81.2 Å². The molecule has 216 valence electrons. The van der Waals surface area contributed by atoms with Crippen LogP contribution >= 0.6 is 11.8 Å². The van der Waals surface area contributed by atoms with E-state index in [-0.39, 0.29) is 30.2 Å². The number of carbonyl (C=O) groups excluding carboxylic acids is 3. The number of nitrogens with zero attached hydrogens (tertiary/aromatic N) is 3. The Hall–Kier alpha value is -2.58. The predicted octanol–water partition coefficient (Wildman–Crippen LogP) is 3.88. The van der Waals surface area contributed by atoms with Gasteiger partial charge >= 0.3 is 0 Å². The molecule has 0 saturated carbocycles. The fourth-order valence-electron chi connectivity index (χ4n) is 7.24. The zero-order chi connectivity index (χ0) is 28.7. The number of benzene rings is 1. The number of aliphatic hydroxyl groups excluding tert-OH is 1. The minimum Gasteiger partial charge on any atom is -0.394 e. The number of hydrogen-bond acceptors (Lipinski definition) is 5. The van der Waals surface area contributed by atoms with E-state index < -0.39 is 33.4 Å². The molecule has 5 rings (SSSR count). The summed E-state index contributed by atoms with van der Waals surface area (Å²) in [6.45, 7) is 9.99. The lowest BCUT2D eigenvalue weighted by atomic mass is 9.74. The third-order valence-corrected chi connectivity index (χ3v) is 11.0. The Bertz CT molecular complexity index is 1190. The summed E-state index contributed by atoms with van der Waals surface area (Å²) in [6, 6.07) is 8.66. The minimum absolute atomic E-state index is 0.0466. The van der Waals surface area contributed by atoms with Gasteiger partial charge in [0.25, 0.3) is 0 Å². The zero-order valence-electron chi connectivity index (χ0n) is 24.2. The van der Waals surface area contributed by atoms with Crippen molar-refractivity contribution in [3.63, 3.8) is 0 Å². The van der Waals surface area contributed by atoms with Crippen LogP contribution in [0.2, 0.25) is 0 Å². The summed E-state index contributed by atoms with van der Waals surface area (Å²) in [5.74, 6) is -1.65. The van der Waals surface area contributed by atoms with Crippen molar-refractivity contribution < 1.29 is 19.5 Å². The smallest absolute Gasteiger partial charge is 0.247 e. The Morgan fingerprint density at radius 3 is 2.33 bits per heavy atom. The van der Waals surface area contributed by atoms with Crippen LogP contribution in [0.15, 0.2) is 54.6 Å². The summed E-state index contributed by atoms with van der Waals surface area (Å²) >= 11 is 1.61. The van der Waals surface area contributed by atoms with Gasteiger partial charge in [0, 0.05) is 30.9 Å². The van der Waals surface area contributed by atoms with E-state index in [1.165, 1.54) is 0 Å². The number of aliphatic hydroxyl groups is 1. The summed E-state index contributed by atoms with van der Waals surface area (Å²) in [6.07, 6.45) is 11.2. The molecule has 4 aliphatic rings. The number of rotatable bonds is 9. The lowest BCUT2D eigenvalue weighted by Gasteiger charge is -2.41. The van der Waals surface area contributed by atoms with Crippen LogP contribution in [0.4, 0.5) is 0 Å². The van der Waals surface area contributed by atoms with Crippen LogP contribution in [0.1, 0.15) is 52.5 Å². The second-order valence-corrected chi connectivity index (χ2v) is 14.0. The molecule has 0 aromatic heterocycles. The average Bonchev–Trinajstić information content (AvgIpc) is 3.20. The van der Waals surface area contributed by atoms with Gasteiger partial charge in [-0.05, 0) is 24.8 Å². The number of hydrogen-bond donors (Lipinski definition) is 1. The molecule has 6 atom stereocenters. The predicted molar refractivity (Wildman–Crippen MR) is 158 cm³/mol. The normalized spacial score (nSPS) is 32.3. The van der Waals surface area contributed by atoms with E-state index in [4.69, 9.17) is 0 Å². The molecule has 3 amide bonds. The van der Waals surface area contributed by atoms with Gasteiger partial charge in [-0.15, -0.1) is 11.8 Å². The van der Waals surface area contributed by atoms with Gasteiger partial charge in [-0.1, -0.05) is 88.2 Å². The quantitative estimate of drug-likeness (QED) is 0.363. The number of fused-ring (bicyclic) bond motifs is 2. The Morgan fingerprint density at radius 2 is 1.65 bits per heavy atom. The largest absolute Gasteiger partial charge is 0.394 e. The molecule has 1 unspecified atom stereocenters. The first-order valence-corrected chi connectivity index (χ1v) is 15.6. The average molecular weight is 566 g/mol. The van der Waals surface area contributed by atoms with Gasteiger partial charge in [-0.3, -0.25) is 14.4 Å². The van der Waals surface area contributed by atoms with Gasteiger partial charge in [-0.2, -0.15) is 0 Å². The van der Waals surface area contributed by atoms with E-state index in [1.807, 2.05) is 66.1 Å².